The molecule has 2 rings (SSSR count). The van der Waals surface area contributed by atoms with Gasteiger partial charge in [0.25, 0.3) is 0 Å². The van der Waals surface area contributed by atoms with Gasteiger partial charge in [-0.2, -0.15) is 0 Å². The van der Waals surface area contributed by atoms with Crippen LogP contribution in [0.1, 0.15) is 33.1 Å². The third kappa shape index (κ3) is 7.04. The van der Waals surface area contributed by atoms with Crippen LogP contribution < -0.4 is 10.6 Å². The zero-order chi connectivity index (χ0) is 16.0. The molecule has 6 heteroatoms. The third-order valence-corrected chi connectivity index (χ3v) is 5.70. The lowest BCUT2D eigenvalue weighted by Crippen LogP contribution is -2.41. The summed E-state index contributed by atoms with van der Waals surface area (Å²) in [4.78, 5) is 13.5. The van der Waals surface area contributed by atoms with Crippen LogP contribution in [-0.2, 0) is 4.79 Å². The van der Waals surface area contributed by atoms with Crippen molar-refractivity contribution in [3.63, 3.8) is 0 Å². The first kappa shape index (κ1) is 20.8. The van der Waals surface area contributed by atoms with Crippen molar-refractivity contribution in [2.75, 3.05) is 19.6 Å². The zero-order valence-electron chi connectivity index (χ0n) is 13.7. The molecule has 130 valence electrons. The highest BCUT2D eigenvalue weighted by Crippen LogP contribution is 2.33. The fraction of sp³-hybridized carbons (Fsp3) is 0.588. The topological polar surface area (TPSA) is 41.1 Å². The summed E-state index contributed by atoms with van der Waals surface area (Å²) in [6.45, 7) is 6.97. The molecule has 0 aliphatic carbocycles. The number of hydrogen-bond donors (Lipinski definition) is 2. The molecule has 1 atom stereocenters. The minimum absolute atomic E-state index is 0. The van der Waals surface area contributed by atoms with Crippen molar-refractivity contribution in [2.45, 2.75) is 42.8 Å². The Labute approximate surface area is 158 Å². The van der Waals surface area contributed by atoms with Gasteiger partial charge in [0.15, 0.2) is 0 Å². The van der Waals surface area contributed by atoms with Crippen LogP contribution in [0.5, 0.6) is 0 Å². The normalized spacial score (nSPS) is 18.1. The van der Waals surface area contributed by atoms with Gasteiger partial charge in [-0.15, -0.1) is 24.2 Å². The van der Waals surface area contributed by atoms with Gasteiger partial charge in [0.1, 0.15) is 0 Å². The van der Waals surface area contributed by atoms with Crippen molar-refractivity contribution < 1.29 is 4.79 Å². The lowest BCUT2D eigenvalue weighted by atomic mass is 9.96. The van der Waals surface area contributed by atoms with E-state index >= 15 is 0 Å². The molecular weight excluding hydrogens is 396 g/mol. The molecule has 1 fully saturated rings. The monoisotopic (exact) mass is 420 g/mol. The van der Waals surface area contributed by atoms with Crippen molar-refractivity contribution in [1.82, 2.24) is 10.6 Å². The highest BCUT2D eigenvalue weighted by Gasteiger charge is 2.28. The van der Waals surface area contributed by atoms with Crippen LogP contribution in [0.4, 0.5) is 0 Å². The third-order valence-electron chi connectivity index (χ3n) is 3.97. The Morgan fingerprint density at radius 3 is 2.70 bits per heavy atom. The summed E-state index contributed by atoms with van der Waals surface area (Å²) in [7, 11) is 0. The van der Waals surface area contributed by atoms with Crippen LogP contribution >= 0.6 is 40.1 Å². The van der Waals surface area contributed by atoms with Crippen molar-refractivity contribution >= 4 is 46.0 Å². The number of hydrogen-bond acceptors (Lipinski definition) is 3. The number of carbonyl (C=O) groups is 1. The molecule has 1 aromatic rings. The summed E-state index contributed by atoms with van der Waals surface area (Å²) in [5, 5.41) is 6.52. The van der Waals surface area contributed by atoms with Crippen LogP contribution in [0, 0.1) is 5.92 Å². The fourth-order valence-electron chi connectivity index (χ4n) is 2.62. The smallest absolute Gasteiger partial charge is 0.236 e. The second-order valence-electron chi connectivity index (χ2n) is 6.32. The molecule has 1 saturated heterocycles. The van der Waals surface area contributed by atoms with Gasteiger partial charge >= 0.3 is 0 Å². The maximum Gasteiger partial charge on any atom is 0.236 e. The molecular formula is C17H26BrClN2OS. The molecule has 0 saturated carbocycles. The van der Waals surface area contributed by atoms with Gasteiger partial charge in [-0.1, -0.05) is 15.9 Å². The number of benzene rings is 1. The summed E-state index contributed by atoms with van der Waals surface area (Å²) < 4.78 is 0.596. The number of amides is 1. The number of halogens is 2. The summed E-state index contributed by atoms with van der Waals surface area (Å²) in [5.74, 6) is 0.820. The average molecular weight is 422 g/mol. The molecule has 0 bridgehead atoms. The lowest BCUT2D eigenvalue weighted by molar-refractivity contribution is -0.122. The Hall–Kier alpha value is -0.230. The Morgan fingerprint density at radius 2 is 2.09 bits per heavy atom. The Morgan fingerprint density at radius 1 is 1.39 bits per heavy atom. The van der Waals surface area contributed by atoms with E-state index in [1.807, 2.05) is 38.1 Å². The first-order valence-corrected chi connectivity index (χ1v) is 9.52. The maximum absolute atomic E-state index is 12.4. The first-order chi connectivity index (χ1) is 10.5. The second-order valence-corrected chi connectivity index (χ2v) is 8.94. The predicted octanol–water partition coefficient (Wildman–Crippen LogP) is 4.25. The van der Waals surface area contributed by atoms with E-state index in [1.54, 1.807) is 11.8 Å². The highest BCUT2D eigenvalue weighted by atomic mass is 79.9. The molecule has 3 nitrogen and oxygen atoms in total. The predicted molar refractivity (Wildman–Crippen MR) is 105 cm³/mol. The second kappa shape index (κ2) is 9.92. The van der Waals surface area contributed by atoms with Gasteiger partial charge in [0.05, 0.1) is 4.75 Å². The van der Waals surface area contributed by atoms with Gasteiger partial charge in [-0.3, -0.25) is 4.79 Å². The molecule has 23 heavy (non-hydrogen) atoms. The van der Waals surface area contributed by atoms with Crippen LogP contribution in [0.2, 0.25) is 0 Å². The van der Waals surface area contributed by atoms with Crippen molar-refractivity contribution in [2.24, 2.45) is 5.92 Å². The van der Waals surface area contributed by atoms with Crippen LogP contribution in [0.25, 0.3) is 0 Å². The number of nitrogens with one attached hydrogen (secondary N) is 2. The van der Waals surface area contributed by atoms with Gasteiger partial charge in [0, 0.05) is 15.9 Å². The van der Waals surface area contributed by atoms with E-state index in [0.29, 0.717) is 5.92 Å². The van der Waals surface area contributed by atoms with E-state index < -0.39 is 4.75 Å². The molecule has 2 N–H and O–H groups in total. The quantitative estimate of drug-likeness (QED) is 0.675. The molecule has 0 spiro atoms. The molecule has 0 radical (unpaired) electrons. The maximum atomic E-state index is 12.4. The molecule has 1 unspecified atom stereocenters. The Kier molecular flexibility index (Phi) is 8.98. The minimum Gasteiger partial charge on any atom is -0.355 e. The first-order valence-electron chi connectivity index (χ1n) is 7.91. The van der Waals surface area contributed by atoms with E-state index in [2.05, 4.69) is 26.6 Å². The van der Waals surface area contributed by atoms with E-state index in [0.717, 1.165) is 35.4 Å². The van der Waals surface area contributed by atoms with E-state index in [-0.39, 0.29) is 18.3 Å². The van der Waals surface area contributed by atoms with Crippen molar-refractivity contribution in [1.29, 1.82) is 0 Å². The van der Waals surface area contributed by atoms with E-state index in [9.17, 15) is 4.79 Å². The number of thioether (sulfide) groups is 1. The summed E-state index contributed by atoms with van der Waals surface area (Å²) in [6, 6.07) is 8.09. The van der Waals surface area contributed by atoms with Crippen LogP contribution in [0.3, 0.4) is 0 Å². The largest absolute Gasteiger partial charge is 0.355 e. The molecule has 1 heterocycles. The van der Waals surface area contributed by atoms with Crippen LogP contribution in [0.15, 0.2) is 33.6 Å². The Bertz CT molecular complexity index is 490. The van der Waals surface area contributed by atoms with Crippen molar-refractivity contribution in [3.8, 4) is 0 Å². The highest BCUT2D eigenvalue weighted by molar-refractivity contribution is 9.10. The van der Waals surface area contributed by atoms with Gasteiger partial charge in [-0.25, -0.2) is 0 Å². The zero-order valence-corrected chi connectivity index (χ0v) is 17.0. The molecule has 1 aliphatic heterocycles. The lowest BCUT2D eigenvalue weighted by Gasteiger charge is -2.25. The fourth-order valence-corrected chi connectivity index (χ4v) is 3.91. The number of piperidine rings is 1. The van der Waals surface area contributed by atoms with Crippen LogP contribution in [-0.4, -0.2) is 30.3 Å². The van der Waals surface area contributed by atoms with Crippen molar-refractivity contribution in [3.05, 3.63) is 28.7 Å². The summed E-state index contributed by atoms with van der Waals surface area (Å²) in [5.41, 5.74) is 0. The number of carbonyl (C=O) groups excluding carboxylic acids is 1. The van der Waals surface area contributed by atoms with Gasteiger partial charge in [0.2, 0.25) is 5.91 Å². The minimum atomic E-state index is -0.460. The van der Waals surface area contributed by atoms with E-state index in [4.69, 9.17) is 0 Å². The summed E-state index contributed by atoms with van der Waals surface area (Å²) in [6.07, 6.45) is 3.60. The standard InChI is InChI=1S/C17H25BrN2OS.ClH/c1-17(2,22-15-7-5-14(18)6-8-15)16(21)20-11-9-13-4-3-10-19-12-13;/h5-8,13,19H,3-4,9-12H2,1-2H3,(H,20,21);1H. The molecule has 1 amide bonds. The molecule has 1 aliphatic rings. The van der Waals surface area contributed by atoms with Gasteiger partial charge in [-0.05, 0) is 76.4 Å². The SMILES string of the molecule is CC(C)(Sc1ccc(Br)cc1)C(=O)NCCC1CCCNC1.Cl. The van der Waals surface area contributed by atoms with Gasteiger partial charge < -0.3 is 10.6 Å². The Balaban J connectivity index is 0.00000264. The molecule has 1 aromatic carbocycles. The average Bonchev–Trinajstić information content (AvgIpc) is 2.50. The van der Waals surface area contributed by atoms with E-state index in [1.165, 1.54) is 12.8 Å². The molecule has 0 aromatic heterocycles. The summed E-state index contributed by atoms with van der Waals surface area (Å²) >= 11 is 5.04. The number of rotatable bonds is 6.